The van der Waals surface area contributed by atoms with E-state index in [1.165, 1.54) is 0 Å². The van der Waals surface area contributed by atoms with E-state index in [0.29, 0.717) is 16.9 Å². The molecule has 3 aromatic rings. The highest BCUT2D eigenvalue weighted by molar-refractivity contribution is 5.90. The normalized spacial score (nSPS) is 14.4. The smallest absolute Gasteiger partial charge is 0.227 e. The molecule has 4 rings (SSSR count). The van der Waals surface area contributed by atoms with E-state index < -0.39 is 11.8 Å². The van der Waals surface area contributed by atoms with Gasteiger partial charge in [-0.15, -0.1) is 0 Å². The molecule has 0 saturated carbocycles. The van der Waals surface area contributed by atoms with Crippen molar-refractivity contribution in [1.82, 2.24) is 4.98 Å². The van der Waals surface area contributed by atoms with Crippen LogP contribution in [0.15, 0.2) is 36.4 Å². The van der Waals surface area contributed by atoms with E-state index in [9.17, 15) is 15.8 Å². The Morgan fingerprint density at radius 1 is 1.00 bits per heavy atom. The summed E-state index contributed by atoms with van der Waals surface area (Å²) in [6.07, 6.45) is 0. The lowest BCUT2D eigenvalue weighted by Gasteiger charge is -2.30. The SMILES string of the molecule is N#Cc1c(N)nc2c(c1N)C(C(C#N)C#N)c1c(ccc3ccccc13)O2. The summed E-state index contributed by atoms with van der Waals surface area (Å²) in [4.78, 5) is 4.16. The Labute approximate surface area is 154 Å². The van der Waals surface area contributed by atoms with Crippen LogP contribution in [-0.2, 0) is 0 Å². The summed E-state index contributed by atoms with van der Waals surface area (Å²) >= 11 is 0. The summed E-state index contributed by atoms with van der Waals surface area (Å²) in [5.41, 5.74) is 13.2. The van der Waals surface area contributed by atoms with E-state index in [2.05, 4.69) is 4.98 Å². The first kappa shape index (κ1) is 16.2. The van der Waals surface area contributed by atoms with E-state index in [1.54, 1.807) is 6.07 Å². The fraction of sp³-hybridized carbons (Fsp3) is 0.100. The summed E-state index contributed by atoms with van der Waals surface area (Å²) in [7, 11) is 0. The lowest BCUT2D eigenvalue weighted by molar-refractivity contribution is 0.423. The van der Waals surface area contributed by atoms with Gasteiger partial charge in [0.05, 0.1) is 17.8 Å². The van der Waals surface area contributed by atoms with Crippen LogP contribution in [0.1, 0.15) is 22.6 Å². The number of nitrogen functional groups attached to an aromatic ring is 2. The Bertz CT molecular complexity index is 1210. The standard InChI is InChI=1S/C20H12N6O/c21-7-11(8-22)15-16-12-4-2-1-3-10(12)5-6-14(16)27-20-17(15)18(24)13(9-23)19(25)26-20/h1-6,11,15H,(H4,24,25,26). The number of nitriles is 3. The molecule has 0 fully saturated rings. The zero-order valence-corrected chi connectivity index (χ0v) is 14.0. The van der Waals surface area contributed by atoms with Gasteiger partial charge in [0.2, 0.25) is 5.88 Å². The largest absolute Gasteiger partial charge is 0.438 e. The van der Waals surface area contributed by atoms with Crippen molar-refractivity contribution in [3.05, 3.63) is 53.1 Å². The van der Waals surface area contributed by atoms with E-state index in [0.717, 1.165) is 10.8 Å². The molecule has 1 aliphatic rings. The molecule has 0 aliphatic carbocycles. The van der Waals surface area contributed by atoms with E-state index >= 15 is 0 Å². The maximum Gasteiger partial charge on any atom is 0.227 e. The third-order valence-electron chi connectivity index (χ3n) is 4.75. The van der Waals surface area contributed by atoms with Gasteiger partial charge in [0.1, 0.15) is 29.1 Å². The van der Waals surface area contributed by atoms with Crippen molar-refractivity contribution in [2.24, 2.45) is 5.92 Å². The number of ether oxygens (including phenoxy) is 1. The zero-order valence-electron chi connectivity index (χ0n) is 14.0. The van der Waals surface area contributed by atoms with Crippen molar-refractivity contribution < 1.29 is 4.74 Å². The van der Waals surface area contributed by atoms with Gasteiger partial charge in [-0.25, -0.2) is 0 Å². The van der Waals surface area contributed by atoms with Gasteiger partial charge in [-0.05, 0) is 16.8 Å². The fourth-order valence-electron chi connectivity index (χ4n) is 3.55. The highest BCUT2D eigenvalue weighted by Gasteiger charge is 2.39. The third kappa shape index (κ3) is 2.22. The molecule has 4 N–H and O–H groups in total. The number of hydrogen-bond acceptors (Lipinski definition) is 7. The molecule has 0 amide bonds. The summed E-state index contributed by atoms with van der Waals surface area (Å²) in [5, 5.41) is 30.4. The van der Waals surface area contributed by atoms with Crippen LogP contribution in [-0.4, -0.2) is 4.98 Å². The minimum absolute atomic E-state index is 0.0145. The molecule has 0 saturated heterocycles. The molecular formula is C20H12N6O. The maximum absolute atomic E-state index is 9.61. The molecule has 2 heterocycles. The summed E-state index contributed by atoms with van der Waals surface area (Å²) in [6.45, 7) is 0. The van der Waals surface area contributed by atoms with E-state index in [4.69, 9.17) is 16.2 Å². The second-order valence-corrected chi connectivity index (χ2v) is 6.13. The van der Waals surface area contributed by atoms with Crippen LogP contribution in [0.3, 0.4) is 0 Å². The molecule has 1 aromatic heterocycles. The third-order valence-corrected chi connectivity index (χ3v) is 4.75. The van der Waals surface area contributed by atoms with Crippen LogP contribution >= 0.6 is 0 Å². The lowest BCUT2D eigenvalue weighted by Crippen LogP contribution is -2.21. The Kier molecular flexibility index (Phi) is 3.55. The van der Waals surface area contributed by atoms with Gasteiger partial charge < -0.3 is 16.2 Å². The monoisotopic (exact) mass is 352 g/mol. The molecule has 2 aromatic carbocycles. The average Bonchev–Trinajstić information content (AvgIpc) is 2.68. The molecule has 0 spiro atoms. The van der Waals surface area contributed by atoms with Crippen LogP contribution in [0, 0.1) is 39.9 Å². The maximum atomic E-state index is 9.61. The molecular weight excluding hydrogens is 340 g/mol. The number of benzene rings is 2. The van der Waals surface area contributed by atoms with Crippen molar-refractivity contribution in [3.8, 4) is 29.8 Å². The van der Waals surface area contributed by atoms with Crippen molar-refractivity contribution in [2.75, 3.05) is 11.5 Å². The van der Waals surface area contributed by atoms with Crippen molar-refractivity contribution in [3.63, 3.8) is 0 Å². The molecule has 1 atom stereocenters. The first-order valence-electron chi connectivity index (χ1n) is 8.08. The van der Waals surface area contributed by atoms with Crippen molar-refractivity contribution >= 4 is 22.3 Å². The molecule has 0 radical (unpaired) electrons. The van der Waals surface area contributed by atoms with E-state index in [-0.39, 0.29) is 22.9 Å². The van der Waals surface area contributed by atoms with Gasteiger partial charge >= 0.3 is 0 Å². The van der Waals surface area contributed by atoms with Gasteiger partial charge in [-0.3, -0.25) is 0 Å². The highest BCUT2D eigenvalue weighted by atomic mass is 16.5. The van der Waals surface area contributed by atoms with E-state index in [1.807, 2.05) is 48.5 Å². The number of anilines is 2. The minimum atomic E-state index is -1.04. The highest BCUT2D eigenvalue weighted by Crippen LogP contribution is 2.52. The Morgan fingerprint density at radius 2 is 1.74 bits per heavy atom. The Balaban J connectivity index is 2.13. The topological polar surface area (TPSA) is 146 Å². The second kappa shape index (κ2) is 5.91. The van der Waals surface area contributed by atoms with Crippen molar-refractivity contribution in [1.29, 1.82) is 15.8 Å². The summed E-state index contributed by atoms with van der Waals surface area (Å²) in [5.74, 6) is -1.21. The van der Waals surface area contributed by atoms with Gasteiger partial charge in [0.25, 0.3) is 0 Å². The van der Waals surface area contributed by atoms with Gasteiger partial charge in [-0.2, -0.15) is 20.8 Å². The lowest BCUT2D eigenvalue weighted by atomic mass is 9.77. The number of pyridine rings is 1. The number of fused-ring (bicyclic) bond motifs is 4. The first-order chi connectivity index (χ1) is 13.1. The quantitative estimate of drug-likeness (QED) is 0.683. The average molecular weight is 352 g/mol. The Morgan fingerprint density at radius 3 is 2.44 bits per heavy atom. The molecule has 0 bridgehead atoms. The second-order valence-electron chi connectivity index (χ2n) is 6.13. The Hall–Kier alpha value is -4.28. The molecule has 7 nitrogen and oxygen atoms in total. The predicted molar refractivity (Wildman–Crippen MR) is 98.4 cm³/mol. The summed E-state index contributed by atoms with van der Waals surface area (Å²) < 4.78 is 5.92. The molecule has 128 valence electrons. The predicted octanol–water partition coefficient (Wildman–Crippen LogP) is 3.17. The summed E-state index contributed by atoms with van der Waals surface area (Å²) in [6, 6.07) is 17.3. The number of rotatable bonds is 1. The molecule has 1 aliphatic heterocycles. The fourth-order valence-corrected chi connectivity index (χ4v) is 3.55. The number of hydrogen-bond donors (Lipinski definition) is 2. The number of nitrogens with two attached hydrogens (primary N) is 2. The van der Waals surface area contributed by atoms with Crippen LogP contribution in [0.25, 0.3) is 10.8 Å². The van der Waals surface area contributed by atoms with Crippen LogP contribution in [0.5, 0.6) is 11.6 Å². The van der Waals surface area contributed by atoms with Crippen LogP contribution in [0.4, 0.5) is 11.5 Å². The van der Waals surface area contributed by atoms with Crippen molar-refractivity contribution in [2.45, 2.75) is 5.92 Å². The zero-order chi connectivity index (χ0) is 19.1. The minimum Gasteiger partial charge on any atom is -0.438 e. The number of aromatic nitrogens is 1. The molecule has 1 unspecified atom stereocenters. The number of nitrogens with zero attached hydrogens (tertiary/aromatic N) is 4. The van der Waals surface area contributed by atoms with Gasteiger partial charge in [0.15, 0.2) is 0 Å². The molecule has 27 heavy (non-hydrogen) atoms. The first-order valence-corrected chi connectivity index (χ1v) is 8.08. The molecule has 7 heteroatoms. The van der Waals surface area contributed by atoms with Crippen LogP contribution in [0.2, 0.25) is 0 Å². The van der Waals surface area contributed by atoms with Crippen LogP contribution < -0.4 is 16.2 Å². The van der Waals surface area contributed by atoms with Gasteiger partial charge in [-0.1, -0.05) is 30.3 Å². The van der Waals surface area contributed by atoms with Gasteiger partial charge in [0, 0.05) is 17.0 Å².